The van der Waals surface area contributed by atoms with Crippen LogP contribution in [-0.4, -0.2) is 35.2 Å². The maximum atomic E-state index is 12.0. The van der Waals surface area contributed by atoms with Gasteiger partial charge >= 0.3 is 0 Å². The Balaban J connectivity index is 0.000000495. The number of carbonyl (C=O) groups is 2. The number of hydrogen-bond acceptors (Lipinski definition) is 4. The van der Waals surface area contributed by atoms with E-state index in [4.69, 9.17) is 0 Å². The minimum atomic E-state index is -0.315. The van der Waals surface area contributed by atoms with Gasteiger partial charge in [0.2, 0.25) is 13.3 Å². The number of rotatable bonds is 12. The van der Waals surface area contributed by atoms with Crippen LogP contribution in [0.15, 0.2) is 48.1 Å². The summed E-state index contributed by atoms with van der Waals surface area (Å²) in [7, 11) is 1.83. The SMILES string of the molecule is CC.CCCCC(C)CC(C)CC.C[B]n1ccc(C(=O)NCC(=O)Nc2nc(-c3cccc(C)c3)cs2)c1. The molecule has 0 spiro atoms. The Kier molecular flexibility index (Phi) is 16.8. The average Bonchev–Trinajstić information content (AvgIpc) is 3.62. The zero-order chi connectivity index (χ0) is 29.2. The van der Waals surface area contributed by atoms with Crippen LogP contribution in [0.2, 0.25) is 6.82 Å². The molecule has 2 amide bonds. The summed E-state index contributed by atoms with van der Waals surface area (Å²) in [5, 5.41) is 7.72. The van der Waals surface area contributed by atoms with Gasteiger partial charge in [-0.25, -0.2) is 4.98 Å². The predicted molar refractivity (Wildman–Crippen MR) is 169 cm³/mol. The van der Waals surface area contributed by atoms with Crippen LogP contribution in [0.5, 0.6) is 0 Å². The van der Waals surface area contributed by atoms with Crippen molar-refractivity contribution in [1.82, 2.24) is 14.8 Å². The Morgan fingerprint density at radius 2 is 1.87 bits per heavy atom. The molecule has 39 heavy (non-hydrogen) atoms. The molecule has 0 aliphatic rings. The van der Waals surface area contributed by atoms with E-state index in [1.165, 1.54) is 43.4 Å². The van der Waals surface area contributed by atoms with Crippen LogP contribution in [0.3, 0.4) is 0 Å². The molecule has 1 aromatic carbocycles. The summed E-state index contributed by atoms with van der Waals surface area (Å²) in [6.07, 6.45) is 10.4. The first-order valence-corrected chi connectivity index (χ1v) is 15.2. The predicted octanol–water partition coefficient (Wildman–Crippen LogP) is 8.08. The van der Waals surface area contributed by atoms with E-state index < -0.39 is 0 Å². The minimum Gasteiger partial charge on any atom is -0.402 e. The first-order valence-electron chi connectivity index (χ1n) is 14.3. The first kappa shape index (κ1) is 34.2. The van der Waals surface area contributed by atoms with Gasteiger partial charge in [-0.15, -0.1) is 11.3 Å². The van der Waals surface area contributed by atoms with Gasteiger partial charge < -0.3 is 15.1 Å². The quantitative estimate of drug-likeness (QED) is 0.224. The molecule has 2 N–H and O–H groups in total. The third-order valence-electron chi connectivity index (χ3n) is 6.30. The molecule has 0 saturated heterocycles. The number of carbonyl (C=O) groups excluding carboxylic acids is 2. The largest absolute Gasteiger partial charge is 0.402 e. The fourth-order valence-electron chi connectivity index (χ4n) is 3.93. The molecule has 0 bridgehead atoms. The van der Waals surface area contributed by atoms with Crippen molar-refractivity contribution in [2.24, 2.45) is 11.8 Å². The topological polar surface area (TPSA) is 76.0 Å². The van der Waals surface area contributed by atoms with E-state index in [0.717, 1.165) is 28.7 Å². The molecule has 0 fully saturated rings. The molecule has 1 radical (unpaired) electrons. The maximum absolute atomic E-state index is 12.0. The highest BCUT2D eigenvalue weighted by Crippen LogP contribution is 2.25. The van der Waals surface area contributed by atoms with E-state index in [2.05, 4.69) is 43.3 Å². The van der Waals surface area contributed by atoms with Crippen LogP contribution in [0.4, 0.5) is 5.13 Å². The average molecular weight is 552 g/mol. The van der Waals surface area contributed by atoms with Crippen molar-refractivity contribution in [2.75, 3.05) is 11.9 Å². The van der Waals surface area contributed by atoms with Gasteiger partial charge in [0.05, 0.1) is 17.8 Å². The highest BCUT2D eigenvalue weighted by atomic mass is 32.1. The summed E-state index contributed by atoms with van der Waals surface area (Å²) in [5.74, 6) is 1.28. The molecular formula is C31H48BN4O2S. The lowest BCUT2D eigenvalue weighted by Gasteiger charge is -2.14. The van der Waals surface area contributed by atoms with Gasteiger partial charge in [0.25, 0.3) is 5.91 Å². The molecule has 8 heteroatoms. The summed E-state index contributed by atoms with van der Waals surface area (Å²) >= 11 is 1.35. The summed E-state index contributed by atoms with van der Waals surface area (Å²) in [6.45, 7) is 17.1. The highest BCUT2D eigenvalue weighted by molar-refractivity contribution is 7.14. The highest BCUT2D eigenvalue weighted by Gasteiger charge is 2.12. The number of nitrogens with one attached hydrogen (secondary N) is 2. The summed E-state index contributed by atoms with van der Waals surface area (Å²) in [6, 6.07) is 9.71. The van der Waals surface area contributed by atoms with Crippen LogP contribution in [0.25, 0.3) is 11.3 Å². The van der Waals surface area contributed by atoms with Gasteiger partial charge in [-0.1, -0.05) is 97.8 Å². The van der Waals surface area contributed by atoms with Gasteiger partial charge in [0, 0.05) is 17.1 Å². The molecule has 2 aromatic heterocycles. The number of hydrogen-bond donors (Lipinski definition) is 2. The lowest BCUT2D eigenvalue weighted by atomic mass is 9.92. The second kappa shape index (κ2) is 19.2. The van der Waals surface area contributed by atoms with Crippen molar-refractivity contribution >= 4 is 35.7 Å². The van der Waals surface area contributed by atoms with E-state index in [9.17, 15) is 9.59 Å². The number of aromatic nitrogens is 2. The molecule has 0 aliphatic carbocycles. The standard InChI is InChI=1S/C18H18BN4O2S.C11H24.C2H6/c1-12-4-3-5-13(8-12)15-11-26-18(21-15)22-16(24)9-20-17(25)14-6-7-23(10-14)19-2;1-5-7-8-11(4)9-10(3)6-2;1-2/h3-8,10-11H,9H2,1-2H3,(H,20,25)(H,21,22,24);10-11H,5-9H2,1-4H3;1-2H3. The van der Waals surface area contributed by atoms with Gasteiger partial charge in [-0.3, -0.25) is 9.59 Å². The third kappa shape index (κ3) is 13.2. The van der Waals surface area contributed by atoms with E-state index in [1.54, 1.807) is 22.9 Å². The number of amides is 2. The summed E-state index contributed by atoms with van der Waals surface area (Å²) in [5.41, 5.74) is 3.48. The number of thiazole rings is 1. The number of unbranched alkanes of at least 4 members (excludes halogenated alkanes) is 1. The van der Waals surface area contributed by atoms with E-state index >= 15 is 0 Å². The van der Waals surface area contributed by atoms with Crippen molar-refractivity contribution in [3.05, 3.63) is 59.2 Å². The molecule has 0 aliphatic heterocycles. The fraction of sp³-hybridized carbons (Fsp3) is 0.516. The smallest absolute Gasteiger partial charge is 0.253 e. The minimum absolute atomic E-state index is 0.112. The number of aryl methyl sites for hydroxylation is 1. The van der Waals surface area contributed by atoms with Gasteiger partial charge in [-0.05, 0) is 43.5 Å². The Labute approximate surface area is 241 Å². The zero-order valence-electron chi connectivity index (χ0n) is 25.2. The van der Waals surface area contributed by atoms with Gasteiger partial charge in [0.1, 0.15) is 0 Å². The number of anilines is 1. The molecule has 6 nitrogen and oxygen atoms in total. The molecule has 2 unspecified atom stereocenters. The summed E-state index contributed by atoms with van der Waals surface area (Å²) in [4.78, 5) is 28.5. The van der Waals surface area contributed by atoms with E-state index in [-0.39, 0.29) is 18.4 Å². The number of nitrogens with zero attached hydrogens (tertiary/aromatic N) is 2. The van der Waals surface area contributed by atoms with Crippen molar-refractivity contribution in [2.45, 2.75) is 87.4 Å². The Bertz CT molecular complexity index is 1110. The third-order valence-corrected chi connectivity index (χ3v) is 7.06. The van der Waals surface area contributed by atoms with E-state index in [1.807, 2.05) is 64.7 Å². The Morgan fingerprint density at radius 3 is 2.49 bits per heavy atom. The van der Waals surface area contributed by atoms with Gasteiger partial charge in [0.15, 0.2) is 5.13 Å². The molecule has 2 heterocycles. The van der Waals surface area contributed by atoms with Crippen LogP contribution < -0.4 is 10.6 Å². The van der Waals surface area contributed by atoms with Crippen molar-refractivity contribution in [3.8, 4) is 11.3 Å². The van der Waals surface area contributed by atoms with Crippen LogP contribution in [0, 0.1) is 18.8 Å². The fourth-order valence-corrected chi connectivity index (χ4v) is 4.66. The maximum Gasteiger partial charge on any atom is 0.253 e. The molecule has 213 valence electrons. The molecule has 3 rings (SSSR count). The number of benzene rings is 1. The van der Waals surface area contributed by atoms with Crippen LogP contribution in [0.1, 0.15) is 89.6 Å². The van der Waals surface area contributed by atoms with Crippen LogP contribution >= 0.6 is 11.3 Å². The lowest BCUT2D eigenvalue weighted by Crippen LogP contribution is -2.32. The van der Waals surface area contributed by atoms with Crippen molar-refractivity contribution < 1.29 is 9.59 Å². The molecule has 2 atom stereocenters. The molecule has 0 saturated carbocycles. The molecular weight excluding hydrogens is 503 g/mol. The van der Waals surface area contributed by atoms with Crippen molar-refractivity contribution in [3.63, 3.8) is 0 Å². The second-order valence-corrected chi connectivity index (χ2v) is 10.6. The van der Waals surface area contributed by atoms with E-state index in [0.29, 0.717) is 10.7 Å². The van der Waals surface area contributed by atoms with Gasteiger partial charge in [-0.2, -0.15) is 0 Å². The Morgan fingerprint density at radius 1 is 1.13 bits per heavy atom. The zero-order valence-corrected chi connectivity index (χ0v) is 26.0. The van der Waals surface area contributed by atoms with Crippen molar-refractivity contribution in [1.29, 1.82) is 0 Å². The normalized spacial score (nSPS) is 11.7. The first-order chi connectivity index (χ1) is 18.7. The lowest BCUT2D eigenvalue weighted by molar-refractivity contribution is -0.115. The second-order valence-electron chi connectivity index (χ2n) is 9.74. The van der Waals surface area contributed by atoms with Crippen LogP contribution in [-0.2, 0) is 4.79 Å². The summed E-state index contributed by atoms with van der Waals surface area (Å²) < 4.78 is 1.78. The monoisotopic (exact) mass is 551 g/mol. The molecule has 3 aromatic rings. The Hall–Kier alpha value is -2.87.